The maximum atomic E-state index is 6.00. The molecule has 0 aromatic heterocycles. The zero-order valence-electron chi connectivity index (χ0n) is 15.8. The molecular weight excluding hydrogens is 326 g/mol. The van der Waals surface area contributed by atoms with Gasteiger partial charge in [-0.1, -0.05) is 32.9 Å². The lowest BCUT2D eigenvalue weighted by molar-refractivity contribution is 0.389. The van der Waals surface area contributed by atoms with Crippen molar-refractivity contribution in [1.29, 1.82) is 0 Å². The molecule has 0 amide bonds. The predicted molar refractivity (Wildman–Crippen MR) is 103 cm³/mol. The van der Waals surface area contributed by atoms with Crippen LogP contribution in [0.4, 0.5) is 5.69 Å². The highest BCUT2D eigenvalue weighted by Crippen LogP contribution is 2.29. The minimum absolute atomic E-state index is 0.153. The highest BCUT2D eigenvalue weighted by atomic mass is 16.6. The monoisotopic (exact) mass is 353 g/mol. The van der Waals surface area contributed by atoms with Crippen LogP contribution in [-0.2, 0) is 14.9 Å². The summed E-state index contributed by atoms with van der Waals surface area (Å²) in [6.07, 6.45) is 0.733. The van der Waals surface area contributed by atoms with E-state index < -0.39 is 0 Å². The molecule has 0 bridgehead atoms. The summed E-state index contributed by atoms with van der Waals surface area (Å²) in [6, 6.07) is 16.6. The fourth-order valence-electron chi connectivity index (χ4n) is 3.01. The first-order valence-electron chi connectivity index (χ1n) is 9.34. The molecule has 0 saturated carbocycles. The van der Waals surface area contributed by atoms with Gasteiger partial charge in [-0.25, -0.2) is 0 Å². The number of rotatable bonds is 7. The van der Waals surface area contributed by atoms with Gasteiger partial charge in [0.15, 0.2) is 0 Å². The Morgan fingerprint density at radius 1 is 0.846 bits per heavy atom. The van der Waals surface area contributed by atoms with Crippen LogP contribution >= 0.6 is 0 Å². The lowest BCUT2D eigenvalue weighted by atomic mass is 9.87. The summed E-state index contributed by atoms with van der Waals surface area (Å²) in [4.78, 5) is 2.34. The summed E-state index contributed by atoms with van der Waals surface area (Å²) in [5.74, 6) is 1.71. The fraction of sp³-hybridized carbons (Fsp3) is 0.455. The Hall–Kier alpha value is -2.04. The Labute approximate surface area is 155 Å². The van der Waals surface area contributed by atoms with Crippen molar-refractivity contribution in [3.05, 3.63) is 54.1 Å². The van der Waals surface area contributed by atoms with Crippen LogP contribution in [0.15, 0.2) is 48.5 Å². The maximum Gasteiger partial charge on any atom is 0.127 e. The number of benzene rings is 2. The molecule has 0 radical (unpaired) electrons. The molecule has 0 spiro atoms. The van der Waals surface area contributed by atoms with E-state index in [-0.39, 0.29) is 5.41 Å². The van der Waals surface area contributed by atoms with Gasteiger partial charge in [0, 0.05) is 18.8 Å². The van der Waals surface area contributed by atoms with E-state index in [0.717, 1.165) is 37.8 Å². The second kappa shape index (κ2) is 6.93. The summed E-state index contributed by atoms with van der Waals surface area (Å²) in [5, 5.41) is 0. The fourth-order valence-corrected chi connectivity index (χ4v) is 3.01. The van der Waals surface area contributed by atoms with Crippen LogP contribution in [0, 0.1) is 0 Å². The molecule has 4 nitrogen and oxygen atoms in total. The summed E-state index contributed by atoms with van der Waals surface area (Å²) in [5.41, 5.74) is 2.65. The summed E-state index contributed by atoms with van der Waals surface area (Å²) in [6.45, 7) is 10.2. The average Bonchev–Trinajstić information content (AvgIpc) is 3.51. The Bertz CT molecular complexity index is 711. The number of epoxide rings is 2. The van der Waals surface area contributed by atoms with Gasteiger partial charge in [-0.15, -0.1) is 0 Å². The molecule has 26 heavy (non-hydrogen) atoms. The second-order valence-electron chi connectivity index (χ2n) is 8.19. The summed E-state index contributed by atoms with van der Waals surface area (Å²) >= 11 is 0. The minimum atomic E-state index is 0.153. The molecule has 138 valence electrons. The SMILES string of the molecule is CC(C)(C)c1ccc(Oc2ccc(N(CC3CO3)CC3CO3)cc2)cc1. The van der Waals surface area contributed by atoms with Crippen LogP contribution in [-0.4, -0.2) is 38.5 Å². The molecule has 2 unspecified atom stereocenters. The van der Waals surface area contributed by atoms with Crippen molar-refractivity contribution < 1.29 is 14.2 Å². The molecule has 2 atom stereocenters. The molecule has 2 aliphatic heterocycles. The second-order valence-corrected chi connectivity index (χ2v) is 8.19. The van der Waals surface area contributed by atoms with E-state index in [1.54, 1.807) is 0 Å². The molecule has 2 fully saturated rings. The summed E-state index contributed by atoms with van der Waals surface area (Å²) < 4.78 is 16.8. The molecule has 0 aliphatic carbocycles. The third kappa shape index (κ3) is 4.57. The van der Waals surface area contributed by atoms with Crippen LogP contribution < -0.4 is 9.64 Å². The Balaban J connectivity index is 1.41. The normalized spacial score (nSPS) is 21.3. The van der Waals surface area contributed by atoms with Crippen molar-refractivity contribution in [2.45, 2.75) is 38.4 Å². The van der Waals surface area contributed by atoms with Crippen molar-refractivity contribution in [3.8, 4) is 11.5 Å². The Kier molecular flexibility index (Phi) is 4.63. The maximum absolute atomic E-state index is 6.00. The van der Waals surface area contributed by atoms with E-state index in [1.807, 2.05) is 24.3 Å². The van der Waals surface area contributed by atoms with Gasteiger partial charge < -0.3 is 19.1 Å². The number of hydrogen-bond acceptors (Lipinski definition) is 4. The van der Waals surface area contributed by atoms with Crippen LogP contribution in [0.2, 0.25) is 0 Å². The van der Waals surface area contributed by atoms with Gasteiger partial charge in [0.2, 0.25) is 0 Å². The molecule has 4 rings (SSSR count). The van der Waals surface area contributed by atoms with Gasteiger partial charge in [-0.2, -0.15) is 0 Å². The van der Waals surface area contributed by atoms with Gasteiger partial charge in [-0.3, -0.25) is 0 Å². The van der Waals surface area contributed by atoms with E-state index >= 15 is 0 Å². The van der Waals surface area contributed by atoms with Crippen molar-refractivity contribution >= 4 is 5.69 Å². The molecule has 2 aromatic carbocycles. The third-order valence-corrected chi connectivity index (χ3v) is 4.81. The Morgan fingerprint density at radius 2 is 1.31 bits per heavy atom. The van der Waals surface area contributed by atoms with Crippen molar-refractivity contribution in [3.63, 3.8) is 0 Å². The molecular formula is C22H27NO3. The smallest absolute Gasteiger partial charge is 0.127 e. The molecule has 2 aromatic rings. The van der Waals surface area contributed by atoms with E-state index in [4.69, 9.17) is 14.2 Å². The standard InChI is InChI=1S/C22H27NO3/c1-22(2,3)16-4-8-18(9-5-16)26-19-10-6-17(7-11-19)23(12-20-14-24-20)13-21-15-25-21/h4-11,20-21H,12-15H2,1-3H3. The van der Waals surface area contributed by atoms with E-state index in [2.05, 4.69) is 49.9 Å². The largest absolute Gasteiger partial charge is 0.457 e. The molecule has 2 heterocycles. The third-order valence-electron chi connectivity index (χ3n) is 4.81. The lowest BCUT2D eigenvalue weighted by Crippen LogP contribution is -2.31. The van der Waals surface area contributed by atoms with Crippen LogP contribution in [0.1, 0.15) is 26.3 Å². The van der Waals surface area contributed by atoms with Gasteiger partial charge in [-0.05, 0) is 47.4 Å². The first kappa shape index (κ1) is 17.4. The lowest BCUT2D eigenvalue weighted by Gasteiger charge is -2.23. The van der Waals surface area contributed by atoms with E-state index in [9.17, 15) is 0 Å². The van der Waals surface area contributed by atoms with Crippen LogP contribution in [0.5, 0.6) is 11.5 Å². The summed E-state index contributed by atoms with van der Waals surface area (Å²) in [7, 11) is 0. The predicted octanol–water partition coefficient (Wildman–Crippen LogP) is 4.38. The molecule has 4 heteroatoms. The van der Waals surface area contributed by atoms with Crippen molar-refractivity contribution in [2.75, 3.05) is 31.2 Å². The van der Waals surface area contributed by atoms with Gasteiger partial charge in [0.1, 0.15) is 11.5 Å². The van der Waals surface area contributed by atoms with Crippen LogP contribution in [0.25, 0.3) is 0 Å². The number of anilines is 1. The highest BCUT2D eigenvalue weighted by Gasteiger charge is 2.30. The van der Waals surface area contributed by atoms with Crippen molar-refractivity contribution in [1.82, 2.24) is 0 Å². The number of hydrogen-bond donors (Lipinski definition) is 0. The minimum Gasteiger partial charge on any atom is -0.457 e. The quantitative estimate of drug-likeness (QED) is 0.692. The first-order valence-corrected chi connectivity index (χ1v) is 9.34. The average molecular weight is 353 g/mol. The van der Waals surface area contributed by atoms with E-state index in [1.165, 1.54) is 11.3 Å². The molecule has 0 N–H and O–H groups in total. The Morgan fingerprint density at radius 3 is 1.73 bits per heavy atom. The topological polar surface area (TPSA) is 37.5 Å². The number of ether oxygens (including phenoxy) is 3. The molecule has 2 aliphatic rings. The first-order chi connectivity index (χ1) is 12.5. The highest BCUT2D eigenvalue weighted by molar-refractivity contribution is 5.50. The van der Waals surface area contributed by atoms with Gasteiger partial charge >= 0.3 is 0 Å². The van der Waals surface area contributed by atoms with Gasteiger partial charge in [0.05, 0.1) is 25.4 Å². The number of nitrogens with zero attached hydrogens (tertiary/aromatic N) is 1. The van der Waals surface area contributed by atoms with Gasteiger partial charge in [0.25, 0.3) is 0 Å². The van der Waals surface area contributed by atoms with E-state index in [0.29, 0.717) is 12.2 Å². The van der Waals surface area contributed by atoms with Crippen molar-refractivity contribution in [2.24, 2.45) is 0 Å². The zero-order chi connectivity index (χ0) is 18.1. The zero-order valence-corrected chi connectivity index (χ0v) is 15.8. The molecule has 2 saturated heterocycles. The van der Waals surface area contributed by atoms with Crippen LogP contribution in [0.3, 0.4) is 0 Å².